The Kier molecular flexibility index (Phi) is 5.85. The van der Waals surface area contributed by atoms with Crippen molar-refractivity contribution in [2.45, 2.75) is 0 Å². The number of aromatic hydroxyl groups is 1. The molecule has 0 saturated carbocycles. The Morgan fingerprint density at radius 1 is 0.967 bits per heavy atom. The number of benzene rings is 2. The second-order valence-electron chi connectivity index (χ2n) is 6.78. The lowest BCUT2D eigenvalue weighted by atomic mass is 10.1. The molecule has 156 valence electrons. The number of hydrogen-bond donors (Lipinski definition) is 2. The number of hydrogen-bond acceptors (Lipinski definition) is 8. The molecule has 8 heteroatoms. The van der Waals surface area contributed by atoms with E-state index in [1.54, 1.807) is 32.4 Å². The van der Waals surface area contributed by atoms with Crippen LogP contribution < -0.4 is 19.7 Å². The predicted molar refractivity (Wildman–Crippen MR) is 115 cm³/mol. The second-order valence-corrected chi connectivity index (χ2v) is 6.78. The zero-order chi connectivity index (χ0) is 20.9. The monoisotopic (exact) mass is 408 g/mol. The first-order valence-corrected chi connectivity index (χ1v) is 9.66. The molecule has 0 amide bonds. The van der Waals surface area contributed by atoms with Crippen molar-refractivity contribution in [3.8, 4) is 28.5 Å². The van der Waals surface area contributed by atoms with E-state index in [0.29, 0.717) is 42.2 Å². The number of methoxy groups -OCH3 is 2. The number of ether oxygens (including phenoxy) is 3. The van der Waals surface area contributed by atoms with Crippen molar-refractivity contribution in [2.24, 2.45) is 0 Å². The Morgan fingerprint density at radius 3 is 2.50 bits per heavy atom. The molecular formula is C22H24N4O4. The van der Waals surface area contributed by atoms with Gasteiger partial charge in [0, 0.05) is 36.5 Å². The molecule has 8 nitrogen and oxygen atoms in total. The van der Waals surface area contributed by atoms with Crippen molar-refractivity contribution in [3.63, 3.8) is 0 Å². The standard InChI is InChI=1S/C22H24N4O4/c1-28-19-7-6-16(13-20(19)29-2)23-21-14-18(15-4-3-5-17(27)12-15)24-22(25-21)26-8-10-30-11-9-26/h3-7,12-14,27H,8-11H2,1-2H3,(H,23,24,25). The minimum atomic E-state index is 0.188. The molecule has 3 aromatic rings. The number of nitrogens with one attached hydrogen (secondary N) is 1. The highest BCUT2D eigenvalue weighted by molar-refractivity contribution is 5.69. The van der Waals surface area contributed by atoms with Crippen molar-refractivity contribution >= 4 is 17.5 Å². The Hall–Kier alpha value is -3.52. The summed E-state index contributed by atoms with van der Waals surface area (Å²) < 4.78 is 16.2. The van der Waals surface area contributed by atoms with Crippen molar-refractivity contribution in [1.29, 1.82) is 0 Å². The molecule has 0 radical (unpaired) electrons. The average molecular weight is 408 g/mol. The quantitative estimate of drug-likeness (QED) is 0.641. The predicted octanol–water partition coefficient (Wildman–Crippen LogP) is 3.45. The van der Waals surface area contributed by atoms with Crippen LogP contribution in [0.1, 0.15) is 0 Å². The van der Waals surface area contributed by atoms with E-state index in [0.717, 1.165) is 24.3 Å². The molecule has 4 rings (SSSR count). The van der Waals surface area contributed by atoms with Gasteiger partial charge in [-0.15, -0.1) is 0 Å². The van der Waals surface area contributed by atoms with Crippen molar-refractivity contribution in [1.82, 2.24) is 9.97 Å². The summed E-state index contributed by atoms with van der Waals surface area (Å²) in [4.78, 5) is 11.5. The Labute approximate surface area is 175 Å². The Bertz CT molecular complexity index is 1020. The molecule has 1 aromatic heterocycles. The highest BCUT2D eigenvalue weighted by Crippen LogP contribution is 2.32. The highest BCUT2D eigenvalue weighted by Gasteiger charge is 2.17. The Balaban J connectivity index is 1.72. The van der Waals surface area contributed by atoms with Crippen LogP contribution in [0.5, 0.6) is 17.2 Å². The van der Waals surface area contributed by atoms with E-state index in [4.69, 9.17) is 24.2 Å². The fourth-order valence-corrected chi connectivity index (χ4v) is 3.28. The van der Waals surface area contributed by atoms with E-state index in [2.05, 4.69) is 10.2 Å². The third-order valence-electron chi connectivity index (χ3n) is 4.81. The van der Waals surface area contributed by atoms with Gasteiger partial charge in [0.25, 0.3) is 0 Å². The molecule has 2 heterocycles. The summed E-state index contributed by atoms with van der Waals surface area (Å²) in [7, 11) is 3.20. The van der Waals surface area contributed by atoms with Crippen LogP contribution in [0.25, 0.3) is 11.3 Å². The molecule has 0 bridgehead atoms. The molecule has 0 aliphatic carbocycles. The fourth-order valence-electron chi connectivity index (χ4n) is 3.28. The number of phenols is 1. The van der Waals surface area contributed by atoms with Gasteiger partial charge in [0.15, 0.2) is 11.5 Å². The largest absolute Gasteiger partial charge is 0.508 e. The van der Waals surface area contributed by atoms with E-state index in [9.17, 15) is 5.11 Å². The SMILES string of the molecule is COc1ccc(Nc2cc(-c3cccc(O)c3)nc(N3CCOCC3)n2)cc1OC. The average Bonchev–Trinajstić information content (AvgIpc) is 2.79. The number of anilines is 3. The summed E-state index contributed by atoms with van der Waals surface area (Å²) in [5, 5.41) is 13.2. The van der Waals surface area contributed by atoms with Gasteiger partial charge in [-0.25, -0.2) is 4.98 Å². The second kappa shape index (κ2) is 8.87. The summed E-state index contributed by atoms with van der Waals surface area (Å²) in [6.45, 7) is 2.72. The van der Waals surface area contributed by atoms with Gasteiger partial charge >= 0.3 is 0 Å². The highest BCUT2D eigenvalue weighted by atomic mass is 16.5. The van der Waals surface area contributed by atoms with Gasteiger partial charge in [0.05, 0.1) is 33.1 Å². The maximum Gasteiger partial charge on any atom is 0.228 e. The molecule has 1 saturated heterocycles. The molecule has 1 aliphatic heterocycles. The maximum absolute atomic E-state index is 9.89. The van der Waals surface area contributed by atoms with Crippen LogP contribution in [0.15, 0.2) is 48.5 Å². The Morgan fingerprint density at radius 2 is 1.77 bits per heavy atom. The number of phenolic OH excluding ortho intramolecular Hbond substituents is 1. The minimum absolute atomic E-state index is 0.188. The normalized spacial score (nSPS) is 13.7. The number of rotatable bonds is 6. The first-order valence-electron chi connectivity index (χ1n) is 9.66. The maximum atomic E-state index is 9.89. The molecular weight excluding hydrogens is 384 g/mol. The van der Waals surface area contributed by atoms with Crippen LogP contribution in [0.4, 0.5) is 17.5 Å². The van der Waals surface area contributed by atoms with Crippen LogP contribution in [-0.4, -0.2) is 55.6 Å². The zero-order valence-electron chi connectivity index (χ0n) is 17.0. The molecule has 1 aliphatic rings. The number of aromatic nitrogens is 2. The summed E-state index contributed by atoms with van der Waals surface area (Å²) in [6, 6.07) is 14.5. The lowest BCUT2D eigenvalue weighted by molar-refractivity contribution is 0.122. The first kappa shape index (κ1) is 19.8. The van der Waals surface area contributed by atoms with Crippen molar-refractivity contribution < 1.29 is 19.3 Å². The molecule has 1 fully saturated rings. The van der Waals surface area contributed by atoms with Gasteiger partial charge in [0.1, 0.15) is 11.6 Å². The van der Waals surface area contributed by atoms with Gasteiger partial charge < -0.3 is 29.5 Å². The molecule has 30 heavy (non-hydrogen) atoms. The number of morpholine rings is 1. The summed E-state index contributed by atoms with van der Waals surface area (Å²) in [6.07, 6.45) is 0. The van der Waals surface area contributed by atoms with Crippen LogP contribution >= 0.6 is 0 Å². The third-order valence-corrected chi connectivity index (χ3v) is 4.81. The van der Waals surface area contributed by atoms with Crippen molar-refractivity contribution in [2.75, 3.05) is 50.7 Å². The fraction of sp³-hybridized carbons (Fsp3) is 0.273. The molecule has 0 unspecified atom stereocenters. The molecule has 2 N–H and O–H groups in total. The van der Waals surface area contributed by atoms with Crippen LogP contribution in [0.3, 0.4) is 0 Å². The van der Waals surface area contributed by atoms with Crippen molar-refractivity contribution in [3.05, 3.63) is 48.5 Å². The first-order chi connectivity index (χ1) is 14.7. The minimum Gasteiger partial charge on any atom is -0.508 e. The topological polar surface area (TPSA) is 89.0 Å². The van der Waals surface area contributed by atoms with E-state index >= 15 is 0 Å². The van der Waals surface area contributed by atoms with E-state index in [-0.39, 0.29) is 5.75 Å². The number of nitrogens with zero attached hydrogens (tertiary/aromatic N) is 3. The van der Waals surface area contributed by atoms with E-state index in [1.807, 2.05) is 30.3 Å². The van der Waals surface area contributed by atoms with Gasteiger partial charge in [-0.05, 0) is 24.3 Å². The zero-order valence-corrected chi connectivity index (χ0v) is 17.0. The van der Waals surface area contributed by atoms with Crippen LogP contribution in [0.2, 0.25) is 0 Å². The van der Waals surface area contributed by atoms with Crippen LogP contribution in [0, 0.1) is 0 Å². The van der Waals surface area contributed by atoms with E-state index < -0.39 is 0 Å². The summed E-state index contributed by atoms with van der Waals surface area (Å²) >= 11 is 0. The van der Waals surface area contributed by atoms with Crippen LogP contribution in [-0.2, 0) is 4.74 Å². The lowest BCUT2D eigenvalue weighted by Gasteiger charge is -2.27. The smallest absolute Gasteiger partial charge is 0.228 e. The van der Waals surface area contributed by atoms with Gasteiger partial charge in [-0.1, -0.05) is 12.1 Å². The third kappa shape index (κ3) is 4.38. The molecule has 2 aromatic carbocycles. The van der Waals surface area contributed by atoms with Gasteiger partial charge in [0.2, 0.25) is 5.95 Å². The van der Waals surface area contributed by atoms with E-state index in [1.165, 1.54) is 0 Å². The lowest BCUT2D eigenvalue weighted by Crippen LogP contribution is -2.37. The summed E-state index contributed by atoms with van der Waals surface area (Å²) in [5.74, 6) is 2.71. The van der Waals surface area contributed by atoms with Gasteiger partial charge in [-0.2, -0.15) is 4.98 Å². The molecule has 0 atom stereocenters. The summed E-state index contributed by atoms with van der Waals surface area (Å²) in [5.41, 5.74) is 2.33. The van der Waals surface area contributed by atoms with Gasteiger partial charge in [-0.3, -0.25) is 0 Å². The molecule has 0 spiro atoms.